The van der Waals surface area contributed by atoms with Crippen LogP contribution in [0.25, 0.3) is 73.0 Å². The molecule has 4 saturated heterocycles. The summed E-state index contributed by atoms with van der Waals surface area (Å²) in [6.07, 6.45) is 24.8. The Kier molecular flexibility index (Phi) is 23.9. The smallest absolute Gasteiger partial charge is 0.337 e. The lowest BCUT2D eigenvalue weighted by atomic mass is 9.85. The Morgan fingerprint density at radius 2 is 0.785 bits per heavy atom. The fourth-order valence-electron chi connectivity index (χ4n) is 14.5. The van der Waals surface area contributed by atoms with Crippen LogP contribution in [0.4, 0.5) is 17.6 Å². The van der Waals surface area contributed by atoms with Crippen LogP contribution in [0, 0.1) is 0 Å². The van der Waals surface area contributed by atoms with Gasteiger partial charge in [0, 0.05) is 155 Å². The predicted octanol–water partition coefficient (Wildman–Crippen LogP) is 12.3. The van der Waals surface area contributed by atoms with Crippen LogP contribution in [0.2, 0.25) is 0 Å². The second-order valence-electron chi connectivity index (χ2n) is 32.2. The highest BCUT2D eigenvalue weighted by atomic mass is 19.2. The molecule has 34 heteroatoms. The number of nitrogens with one attached hydrogen (secondary N) is 1. The molecule has 4 aliphatic rings. The second-order valence-corrected chi connectivity index (χ2v) is 32.2. The summed E-state index contributed by atoms with van der Waals surface area (Å²) in [6.45, 7) is 17.5. The number of fused-ring (bicyclic) bond motifs is 4. The maximum Gasteiger partial charge on any atom is 0.337 e. The first-order valence-electron chi connectivity index (χ1n) is 40.0. The van der Waals surface area contributed by atoms with E-state index in [0.717, 1.165) is 38.6 Å². The van der Waals surface area contributed by atoms with Crippen molar-refractivity contribution in [2.75, 3.05) is 58.9 Å². The second kappa shape index (κ2) is 34.4. The van der Waals surface area contributed by atoms with E-state index in [4.69, 9.17) is 10.8 Å². The quantitative estimate of drug-likeness (QED) is 0.0803. The number of nitrogens with two attached hydrogens (primary N) is 1. The summed E-state index contributed by atoms with van der Waals surface area (Å²) in [7, 11) is 0. The fourth-order valence-corrected chi connectivity index (χ4v) is 14.5. The summed E-state index contributed by atoms with van der Waals surface area (Å²) in [4.78, 5) is 129. The molecule has 17 rings (SSSR count). The lowest BCUT2D eigenvalue weighted by Crippen LogP contribution is -2.43. The number of nitrogens with zero attached hydrogens (tertiary/aromatic N) is 20. The minimum absolute atomic E-state index is 0.104. The Morgan fingerprint density at radius 1 is 0.430 bits per heavy atom. The van der Waals surface area contributed by atoms with Crippen LogP contribution in [-0.2, 0) is 16.6 Å². The summed E-state index contributed by atoms with van der Waals surface area (Å²) in [6, 6.07) is 26.8. The average molecular weight is 1650 g/mol. The number of likely N-dealkylation sites (tertiary alicyclic amines) is 4. The number of carboxylic acids is 1. The average Bonchev–Trinajstić information content (AvgIpc) is 1.81. The number of carboxylic acid groups (broad SMARTS) is 1. The number of aromatic carboxylic acids is 1. The highest BCUT2D eigenvalue weighted by molar-refractivity contribution is 6.00. The number of hydrogen-bond acceptors (Lipinski definition) is 18. The molecule has 626 valence electrons. The number of aromatic nitrogens is 16. The molecule has 0 unspecified atom stereocenters. The van der Waals surface area contributed by atoms with E-state index in [2.05, 4.69) is 60.6 Å². The van der Waals surface area contributed by atoms with Crippen LogP contribution in [0.3, 0.4) is 0 Å². The monoisotopic (exact) mass is 1650 g/mol. The molecule has 4 fully saturated rings. The van der Waals surface area contributed by atoms with Crippen molar-refractivity contribution in [1.29, 1.82) is 0 Å². The van der Waals surface area contributed by atoms with E-state index in [0.29, 0.717) is 190 Å². The molecule has 4 aliphatic heterocycles. The predicted molar refractivity (Wildman–Crippen MR) is 443 cm³/mol. The van der Waals surface area contributed by atoms with Gasteiger partial charge in [-0.3, -0.25) is 52.0 Å². The van der Waals surface area contributed by atoms with Gasteiger partial charge < -0.3 is 35.8 Å². The Labute approximate surface area is 692 Å². The molecule has 0 saturated carbocycles. The molecule has 0 aromatic carbocycles. The van der Waals surface area contributed by atoms with E-state index in [9.17, 15) is 51.1 Å². The number of tetrazole rings is 1. The third-order valence-corrected chi connectivity index (χ3v) is 22.6. The number of primary amides is 1. The Balaban J connectivity index is 0.000000132. The van der Waals surface area contributed by atoms with Crippen molar-refractivity contribution in [3.8, 4) is 28.8 Å². The van der Waals surface area contributed by atoms with Crippen LogP contribution in [0.5, 0.6) is 0 Å². The van der Waals surface area contributed by atoms with Gasteiger partial charge in [0.05, 0.1) is 62.6 Å². The van der Waals surface area contributed by atoms with E-state index in [1.165, 1.54) is 29.5 Å². The van der Waals surface area contributed by atoms with Gasteiger partial charge in [0.15, 0.2) is 11.6 Å². The zero-order valence-electron chi connectivity index (χ0n) is 68.2. The van der Waals surface area contributed by atoms with Crippen molar-refractivity contribution in [2.45, 2.75) is 141 Å². The fraction of sp³-hybridized carbons (Fsp3) is 0.356. The van der Waals surface area contributed by atoms with Crippen molar-refractivity contribution in [3.63, 3.8) is 0 Å². The molecule has 0 spiro atoms. The number of hydrogen-bond donors (Lipinski definition) is 3. The largest absolute Gasteiger partial charge is 0.478 e. The number of carbonyl (C=O) groups is 7. The third kappa shape index (κ3) is 18.8. The van der Waals surface area contributed by atoms with Crippen molar-refractivity contribution in [2.24, 2.45) is 5.73 Å². The van der Waals surface area contributed by atoms with Gasteiger partial charge in [-0.25, -0.2) is 57.2 Å². The van der Waals surface area contributed by atoms with Crippen LogP contribution in [0.15, 0.2) is 172 Å². The van der Waals surface area contributed by atoms with Crippen LogP contribution in [0.1, 0.15) is 180 Å². The molecule has 6 amide bonds. The first kappa shape index (κ1) is 83.9. The highest BCUT2D eigenvalue weighted by Crippen LogP contribution is 2.34. The van der Waals surface area contributed by atoms with Gasteiger partial charge in [-0.15, -0.1) is 15.0 Å². The summed E-state index contributed by atoms with van der Waals surface area (Å²) < 4.78 is 63.4. The van der Waals surface area contributed by atoms with Gasteiger partial charge in [-0.05, 0) is 202 Å². The molecule has 0 radical (unpaired) electrons. The summed E-state index contributed by atoms with van der Waals surface area (Å²) in [5, 5.41) is 27.2. The topological polar surface area (TPSA) is 357 Å². The zero-order valence-corrected chi connectivity index (χ0v) is 68.2. The molecule has 121 heavy (non-hydrogen) atoms. The van der Waals surface area contributed by atoms with Gasteiger partial charge in [-0.1, -0.05) is 6.92 Å². The number of alkyl halides is 4. The number of pyridine rings is 8. The molecular formula is C87H92F4N22O8. The van der Waals surface area contributed by atoms with Crippen molar-refractivity contribution in [3.05, 3.63) is 216 Å². The molecule has 13 aromatic rings. The molecule has 30 nitrogen and oxygen atoms in total. The van der Waals surface area contributed by atoms with E-state index in [1.807, 2.05) is 90.1 Å². The minimum atomic E-state index is -1.21. The van der Waals surface area contributed by atoms with E-state index < -0.39 is 40.0 Å². The van der Waals surface area contributed by atoms with Crippen molar-refractivity contribution in [1.82, 2.24) is 103 Å². The van der Waals surface area contributed by atoms with E-state index in [1.54, 1.807) is 150 Å². The van der Waals surface area contributed by atoms with Crippen LogP contribution in [-0.4, -0.2) is 226 Å². The summed E-state index contributed by atoms with van der Waals surface area (Å²) in [5.41, 5.74) is 7.35. The molecule has 0 aliphatic carbocycles. The minimum Gasteiger partial charge on any atom is -0.478 e. The normalized spacial score (nSPS) is 16.1. The van der Waals surface area contributed by atoms with Gasteiger partial charge in [0.2, 0.25) is 5.91 Å². The standard InChI is InChI=1S/C23H26FN5O2.C22H23FN8O.C22H24FN5O2.C20H19FN4O3/c1-22(2,21(25)31)17-11-18(14-26-13-17)29-7-4-15-10-16(12-27-19(15)29)20(30)28-8-5-23(3,24)6-9-28;1-3-18-26-28-31(27-18)19-5-4-17(14-24-19)30-9-6-15-12-16(13-25-20(15)30)21(32)29-10-7-22(2,23)8-11-29;1-3-24-20(29)16-4-5-18(25-13-16)28-9-6-15-12-17(14-26-19(15)28)21(30)27-10-7-22(2,23)8-11-27;1-20(21)5-8-24(9-6-20)18(26)15-10-13-4-7-25(17(13)23-12-15)16-3-2-14(11-22-16)19(27)28/h4,7,10-14H,5-6,8-9H2,1-3H3,(H2,25,31);4-6,9,12-14H,3,7-8,10-11H2,1-2H3;4-6,9,12-14H,3,7-8,10-11H2,1-2H3,(H,24,29);2-4,7,10-12H,5-6,8-9H2,1H3,(H,27,28). The Hall–Kier alpha value is -13.6. The van der Waals surface area contributed by atoms with Gasteiger partial charge in [0.1, 0.15) is 56.9 Å². The Bertz CT molecular complexity index is 6010. The number of rotatable bonds is 15. The zero-order chi connectivity index (χ0) is 85.9. The molecule has 0 bridgehead atoms. The van der Waals surface area contributed by atoms with Gasteiger partial charge in [-0.2, -0.15) is 0 Å². The van der Waals surface area contributed by atoms with Crippen molar-refractivity contribution >= 4 is 85.5 Å². The first-order valence-corrected chi connectivity index (χ1v) is 40.0. The highest BCUT2D eigenvalue weighted by Gasteiger charge is 2.37. The Morgan fingerprint density at radius 3 is 1.12 bits per heavy atom. The van der Waals surface area contributed by atoms with Crippen LogP contribution >= 0.6 is 0 Å². The lowest BCUT2D eigenvalue weighted by molar-refractivity contribution is -0.122. The molecule has 17 heterocycles. The number of amides is 6. The molecule has 0 atom stereocenters. The lowest BCUT2D eigenvalue weighted by Gasteiger charge is -2.34. The van der Waals surface area contributed by atoms with Crippen molar-refractivity contribution < 1.29 is 56.2 Å². The van der Waals surface area contributed by atoms with E-state index >= 15 is 0 Å². The van der Waals surface area contributed by atoms with Gasteiger partial charge in [0.25, 0.3) is 29.5 Å². The van der Waals surface area contributed by atoms with E-state index in [-0.39, 0.29) is 35.1 Å². The SMILES string of the molecule is CC1(F)CCN(C(=O)c2cnc3c(ccn3-c3ccc(C(=O)O)cn3)c2)CC1.CC1(F)CCN(C(=O)c2cnc3c(ccn3-c3cncc(C(C)(C)C(N)=O)c3)c2)CC1.CCNC(=O)c1ccc(-n2ccc3cc(C(=O)N4CCC(C)(F)CC4)cnc32)nc1.CCc1nnn(-c2ccc(-n3ccc4cc(C(=O)N5CCC(C)(F)CC5)cnc43)cn2)n1. The molecular weight excluding hydrogens is 1560 g/mol. The van der Waals surface area contributed by atoms with Gasteiger partial charge >= 0.3 is 5.97 Å². The number of carbonyl (C=O) groups excluding carboxylic acids is 6. The summed E-state index contributed by atoms with van der Waals surface area (Å²) in [5.74, 6) is 0.228. The molecule has 4 N–H and O–H groups in total. The summed E-state index contributed by atoms with van der Waals surface area (Å²) >= 11 is 0. The van der Waals surface area contributed by atoms with Crippen LogP contribution < -0.4 is 11.1 Å². The number of piperidine rings is 4. The number of aryl methyl sites for hydroxylation is 1. The molecule has 13 aromatic heterocycles. The third-order valence-electron chi connectivity index (χ3n) is 22.6. The maximum absolute atomic E-state index is 14.1. The first-order chi connectivity index (χ1) is 57.7. The maximum atomic E-state index is 14.1. The number of halogens is 4.